The van der Waals surface area contributed by atoms with E-state index >= 15 is 0 Å². The van der Waals surface area contributed by atoms with Crippen LogP contribution in [0.5, 0.6) is 0 Å². The van der Waals surface area contributed by atoms with Gasteiger partial charge in [-0.3, -0.25) is 0 Å². The van der Waals surface area contributed by atoms with Gasteiger partial charge in [0.05, 0.1) is 16.7 Å². The van der Waals surface area contributed by atoms with E-state index in [4.69, 9.17) is 10.00 Å². The zero-order valence-electron chi connectivity index (χ0n) is 13.2. The number of nitriles is 1. The largest absolute Gasteiger partial charge is 0.444 e. The Morgan fingerprint density at radius 1 is 1.55 bits per heavy atom. The molecule has 1 amide bonds. The van der Waals surface area contributed by atoms with Gasteiger partial charge in [0.2, 0.25) is 0 Å². The Hall–Kier alpha value is -1.74. The third-order valence-corrected chi connectivity index (χ3v) is 4.36. The van der Waals surface area contributed by atoms with Crippen molar-refractivity contribution in [3.63, 3.8) is 0 Å². The first-order valence-corrected chi connectivity index (χ1v) is 8.26. The summed E-state index contributed by atoms with van der Waals surface area (Å²) in [5.74, 6) is 0. The number of carbonyl (C=O) groups excluding carboxylic acids is 1. The quantitative estimate of drug-likeness (QED) is 0.835. The first-order valence-electron chi connectivity index (χ1n) is 7.38. The lowest BCUT2D eigenvalue weighted by molar-refractivity contribution is 0.0220. The lowest BCUT2D eigenvalue weighted by Gasteiger charge is -2.33. The average molecular weight is 319 g/mol. The molecule has 1 atom stereocenters. The van der Waals surface area contributed by atoms with E-state index in [0.29, 0.717) is 12.1 Å². The van der Waals surface area contributed by atoms with E-state index in [1.165, 1.54) is 0 Å². The number of pyridine rings is 1. The number of amides is 1. The monoisotopic (exact) mass is 319 g/mol. The minimum Gasteiger partial charge on any atom is -0.444 e. The maximum atomic E-state index is 12.1. The van der Waals surface area contributed by atoms with Crippen LogP contribution in [0.2, 0.25) is 0 Å². The topological polar surface area (TPSA) is 66.2 Å². The Labute approximate surface area is 135 Å². The van der Waals surface area contributed by atoms with Crippen LogP contribution < -0.4 is 0 Å². The van der Waals surface area contributed by atoms with Crippen LogP contribution in [0.15, 0.2) is 23.4 Å². The van der Waals surface area contributed by atoms with E-state index in [1.54, 1.807) is 35.0 Å². The molecule has 1 aliphatic rings. The van der Waals surface area contributed by atoms with Gasteiger partial charge in [0, 0.05) is 24.5 Å². The van der Waals surface area contributed by atoms with Gasteiger partial charge in [-0.15, -0.1) is 11.8 Å². The molecule has 2 rings (SSSR count). The summed E-state index contributed by atoms with van der Waals surface area (Å²) < 4.78 is 5.43. The van der Waals surface area contributed by atoms with Gasteiger partial charge in [-0.1, -0.05) is 0 Å². The summed E-state index contributed by atoms with van der Waals surface area (Å²) in [5, 5.41) is 10.0. The number of hydrogen-bond acceptors (Lipinski definition) is 5. The molecule has 0 bridgehead atoms. The Kier molecular flexibility index (Phi) is 5.30. The molecule has 2 heterocycles. The molecule has 0 unspecified atom stereocenters. The maximum Gasteiger partial charge on any atom is 0.410 e. The van der Waals surface area contributed by atoms with Gasteiger partial charge in [0.25, 0.3) is 0 Å². The van der Waals surface area contributed by atoms with E-state index in [9.17, 15) is 4.79 Å². The molecule has 1 saturated heterocycles. The number of likely N-dealkylation sites (tertiary alicyclic amines) is 1. The fraction of sp³-hybridized carbons (Fsp3) is 0.562. The van der Waals surface area contributed by atoms with E-state index in [1.807, 2.05) is 20.8 Å². The zero-order chi connectivity index (χ0) is 16.2. The molecule has 0 aliphatic carbocycles. The molecule has 1 aliphatic heterocycles. The molecule has 22 heavy (non-hydrogen) atoms. The first kappa shape index (κ1) is 16.6. The molecule has 1 aromatic rings. The Balaban J connectivity index is 1.96. The minimum absolute atomic E-state index is 0.253. The third kappa shape index (κ3) is 4.92. The molecular weight excluding hydrogens is 298 g/mol. The molecule has 1 aromatic heterocycles. The van der Waals surface area contributed by atoms with E-state index < -0.39 is 5.60 Å². The van der Waals surface area contributed by atoms with Crippen molar-refractivity contribution in [1.82, 2.24) is 9.88 Å². The summed E-state index contributed by atoms with van der Waals surface area (Å²) in [6, 6.07) is 5.60. The molecule has 5 nitrogen and oxygen atoms in total. The van der Waals surface area contributed by atoms with E-state index in [-0.39, 0.29) is 11.3 Å². The molecule has 0 spiro atoms. The van der Waals surface area contributed by atoms with Crippen molar-refractivity contribution in [1.29, 1.82) is 5.26 Å². The Morgan fingerprint density at radius 2 is 2.32 bits per heavy atom. The summed E-state index contributed by atoms with van der Waals surface area (Å²) in [6.07, 6.45) is 3.38. The van der Waals surface area contributed by atoms with Gasteiger partial charge in [0.1, 0.15) is 5.60 Å². The number of nitrogens with zero attached hydrogens (tertiary/aromatic N) is 3. The number of carbonyl (C=O) groups is 1. The average Bonchev–Trinajstić information content (AvgIpc) is 2.46. The summed E-state index contributed by atoms with van der Waals surface area (Å²) in [4.78, 5) is 18.2. The molecule has 6 heteroatoms. The second-order valence-electron chi connectivity index (χ2n) is 6.30. The summed E-state index contributed by atoms with van der Waals surface area (Å²) >= 11 is 1.62. The fourth-order valence-electron chi connectivity index (χ4n) is 2.24. The molecule has 0 radical (unpaired) electrons. The number of piperidine rings is 1. The van der Waals surface area contributed by atoms with Crippen molar-refractivity contribution < 1.29 is 9.53 Å². The first-order chi connectivity index (χ1) is 10.4. The van der Waals surface area contributed by atoms with Crippen LogP contribution in [0.4, 0.5) is 4.79 Å². The van der Waals surface area contributed by atoms with Crippen LogP contribution in [0.3, 0.4) is 0 Å². The fourth-order valence-corrected chi connectivity index (χ4v) is 3.44. The smallest absolute Gasteiger partial charge is 0.410 e. The molecule has 118 valence electrons. The lowest BCUT2D eigenvalue weighted by atomic mass is 10.1. The van der Waals surface area contributed by atoms with E-state index in [2.05, 4.69) is 11.1 Å². The SMILES string of the molecule is CC(C)(C)OC(=O)N1CCC[C@@H](Sc2cc(C#N)ccn2)C1. The maximum absolute atomic E-state index is 12.1. The zero-order valence-corrected chi connectivity index (χ0v) is 14.0. The van der Waals surface area contributed by atoms with Crippen LogP contribution in [0, 0.1) is 11.3 Å². The second kappa shape index (κ2) is 7.01. The van der Waals surface area contributed by atoms with Gasteiger partial charge >= 0.3 is 6.09 Å². The van der Waals surface area contributed by atoms with Crippen molar-refractivity contribution in [3.05, 3.63) is 23.9 Å². The van der Waals surface area contributed by atoms with Crippen LogP contribution >= 0.6 is 11.8 Å². The van der Waals surface area contributed by atoms with Crippen molar-refractivity contribution >= 4 is 17.9 Å². The molecule has 0 aromatic carbocycles. The summed E-state index contributed by atoms with van der Waals surface area (Å²) in [7, 11) is 0. The molecule has 1 fully saturated rings. The van der Waals surface area contributed by atoms with Crippen molar-refractivity contribution in [2.45, 2.75) is 49.5 Å². The number of hydrogen-bond donors (Lipinski definition) is 0. The standard InChI is InChI=1S/C16H21N3O2S/c1-16(2,3)21-15(20)19-8-4-5-13(11-19)22-14-9-12(10-17)6-7-18-14/h6-7,9,13H,4-5,8,11H2,1-3H3/t13-/m1/s1. The van der Waals surface area contributed by atoms with Crippen molar-refractivity contribution in [2.24, 2.45) is 0 Å². The van der Waals surface area contributed by atoms with Gasteiger partial charge in [-0.05, 0) is 45.7 Å². The van der Waals surface area contributed by atoms with Crippen LogP contribution in [-0.2, 0) is 4.74 Å². The molecule has 0 N–H and O–H groups in total. The second-order valence-corrected chi connectivity index (χ2v) is 7.62. The number of ether oxygens (including phenoxy) is 1. The van der Waals surface area contributed by atoms with Crippen LogP contribution in [-0.4, -0.2) is 39.9 Å². The van der Waals surface area contributed by atoms with Crippen LogP contribution in [0.25, 0.3) is 0 Å². The highest BCUT2D eigenvalue weighted by Crippen LogP contribution is 2.29. The van der Waals surface area contributed by atoms with Crippen molar-refractivity contribution in [3.8, 4) is 6.07 Å². The highest BCUT2D eigenvalue weighted by molar-refractivity contribution is 7.99. The Bertz CT molecular complexity index is 577. The Morgan fingerprint density at radius 3 is 3.00 bits per heavy atom. The van der Waals surface area contributed by atoms with Gasteiger partial charge in [0.15, 0.2) is 0 Å². The summed E-state index contributed by atoms with van der Waals surface area (Å²) in [6.45, 7) is 7.00. The number of rotatable bonds is 2. The van der Waals surface area contributed by atoms with Crippen molar-refractivity contribution in [2.75, 3.05) is 13.1 Å². The molecule has 0 saturated carbocycles. The normalized spacial score (nSPS) is 18.6. The number of thioether (sulfide) groups is 1. The van der Waals surface area contributed by atoms with E-state index in [0.717, 1.165) is 24.4 Å². The van der Waals surface area contributed by atoms with Gasteiger partial charge in [-0.25, -0.2) is 9.78 Å². The molecular formula is C16H21N3O2S. The highest BCUT2D eigenvalue weighted by atomic mass is 32.2. The number of aromatic nitrogens is 1. The van der Waals surface area contributed by atoms with Gasteiger partial charge in [-0.2, -0.15) is 5.26 Å². The lowest BCUT2D eigenvalue weighted by Crippen LogP contribution is -2.43. The van der Waals surface area contributed by atoms with Crippen LogP contribution in [0.1, 0.15) is 39.2 Å². The highest BCUT2D eigenvalue weighted by Gasteiger charge is 2.28. The van der Waals surface area contributed by atoms with Gasteiger partial charge < -0.3 is 9.64 Å². The predicted molar refractivity (Wildman–Crippen MR) is 85.6 cm³/mol. The third-order valence-electron chi connectivity index (χ3n) is 3.18. The summed E-state index contributed by atoms with van der Waals surface area (Å²) in [5.41, 5.74) is 0.136. The predicted octanol–water partition coefficient (Wildman–Crippen LogP) is 3.44. The minimum atomic E-state index is -0.472.